The minimum absolute atomic E-state index is 0.526. The summed E-state index contributed by atoms with van der Waals surface area (Å²) < 4.78 is 18.6. The molecule has 3 aromatic carbocycles. The quantitative estimate of drug-likeness (QED) is 0.279. The van der Waals surface area contributed by atoms with E-state index in [-0.39, 0.29) is 0 Å². The second-order valence-electron chi connectivity index (χ2n) is 7.27. The van der Waals surface area contributed by atoms with Gasteiger partial charge in [0.15, 0.2) is 22.5 Å². The lowest BCUT2D eigenvalue weighted by molar-refractivity contribution is 0.324. The predicted octanol–water partition coefficient (Wildman–Crippen LogP) is 6.21. The molecule has 0 radical (unpaired) electrons. The fraction of sp³-hybridized carbons (Fsp3) is 0.200. The van der Waals surface area contributed by atoms with E-state index in [1.54, 1.807) is 33.1 Å². The van der Waals surface area contributed by atoms with Crippen molar-refractivity contribution >= 4 is 23.4 Å². The van der Waals surface area contributed by atoms with E-state index in [9.17, 15) is 0 Å². The molecule has 0 aliphatic heterocycles. The summed E-state index contributed by atoms with van der Waals surface area (Å²) in [7, 11) is 4.77. The molecule has 33 heavy (non-hydrogen) atoms. The van der Waals surface area contributed by atoms with Gasteiger partial charge in [0, 0.05) is 22.0 Å². The molecule has 0 aliphatic carbocycles. The Balaban J connectivity index is 1.82. The van der Waals surface area contributed by atoms with Crippen LogP contribution in [0.1, 0.15) is 11.1 Å². The second-order valence-corrected chi connectivity index (χ2v) is 8.62. The zero-order valence-corrected chi connectivity index (χ0v) is 20.4. The Morgan fingerprint density at radius 3 is 2.15 bits per heavy atom. The molecule has 1 aromatic heterocycles. The van der Waals surface area contributed by atoms with Crippen LogP contribution >= 0.6 is 23.4 Å². The van der Waals surface area contributed by atoms with E-state index in [0.717, 1.165) is 27.0 Å². The van der Waals surface area contributed by atoms with E-state index in [1.165, 1.54) is 5.56 Å². The van der Waals surface area contributed by atoms with Gasteiger partial charge in [-0.05, 0) is 42.8 Å². The SMILES string of the molecule is COc1cc(-c2nnc(SCc3ccccc3Cl)n2-c2ccc(C)cc2)cc(OC)c1OC. The van der Waals surface area contributed by atoms with Crippen molar-refractivity contribution in [2.24, 2.45) is 0 Å². The number of hydrogen-bond acceptors (Lipinski definition) is 6. The van der Waals surface area contributed by atoms with Crippen molar-refractivity contribution in [3.8, 4) is 34.3 Å². The van der Waals surface area contributed by atoms with Gasteiger partial charge in [0.1, 0.15) is 0 Å². The molecule has 0 amide bonds. The van der Waals surface area contributed by atoms with Crippen LogP contribution in [-0.4, -0.2) is 36.1 Å². The second kappa shape index (κ2) is 10.2. The molecule has 0 N–H and O–H groups in total. The lowest BCUT2D eigenvalue weighted by Crippen LogP contribution is -2.01. The average molecular weight is 482 g/mol. The molecule has 8 heteroatoms. The van der Waals surface area contributed by atoms with Gasteiger partial charge in [0.25, 0.3) is 0 Å². The fourth-order valence-electron chi connectivity index (χ4n) is 3.44. The van der Waals surface area contributed by atoms with Gasteiger partial charge in [-0.1, -0.05) is 59.3 Å². The summed E-state index contributed by atoms with van der Waals surface area (Å²) in [6.07, 6.45) is 0. The summed E-state index contributed by atoms with van der Waals surface area (Å²) in [6.45, 7) is 2.06. The van der Waals surface area contributed by atoms with Gasteiger partial charge in [-0.2, -0.15) is 0 Å². The molecule has 170 valence electrons. The molecule has 0 atom stereocenters. The van der Waals surface area contributed by atoms with Crippen molar-refractivity contribution < 1.29 is 14.2 Å². The van der Waals surface area contributed by atoms with Crippen molar-refractivity contribution in [3.05, 3.63) is 76.8 Å². The van der Waals surface area contributed by atoms with Crippen LogP contribution in [0.5, 0.6) is 17.2 Å². The molecule has 4 aromatic rings. The highest BCUT2D eigenvalue weighted by molar-refractivity contribution is 7.98. The zero-order valence-electron chi connectivity index (χ0n) is 18.8. The fourth-order valence-corrected chi connectivity index (χ4v) is 4.68. The first-order chi connectivity index (χ1) is 16.0. The Morgan fingerprint density at radius 1 is 0.879 bits per heavy atom. The first kappa shape index (κ1) is 23.0. The summed E-state index contributed by atoms with van der Waals surface area (Å²) in [5, 5.41) is 10.5. The molecule has 0 unspecified atom stereocenters. The maximum absolute atomic E-state index is 6.37. The maximum Gasteiger partial charge on any atom is 0.203 e. The Kier molecular flexibility index (Phi) is 7.11. The summed E-state index contributed by atoms with van der Waals surface area (Å²) in [5.41, 5.74) is 3.96. The topological polar surface area (TPSA) is 58.4 Å². The highest BCUT2D eigenvalue weighted by atomic mass is 35.5. The number of rotatable bonds is 8. The van der Waals surface area contributed by atoms with Gasteiger partial charge < -0.3 is 14.2 Å². The number of aryl methyl sites for hydroxylation is 1. The lowest BCUT2D eigenvalue weighted by atomic mass is 10.1. The van der Waals surface area contributed by atoms with Gasteiger partial charge in [0.2, 0.25) is 5.75 Å². The normalized spacial score (nSPS) is 10.8. The molecule has 0 aliphatic rings. The summed E-state index contributed by atoms with van der Waals surface area (Å²) in [6, 6.07) is 19.8. The molecule has 6 nitrogen and oxygen atoms in total. The van der Waals surface area contributed by atoms with Crippen LogP contribution in [0.3, 0.4) is 0 Å². The summed E-state index contributed by atoms with van der Waals surface area (Å²) in [4.78, 5) is 0. The Labute approximate surface area is 202 Å². The van der Waals surface area contributed by atoms with Crippen LogP contribution in [0.4, 0.5) is 0 Å². The van der Waals surface area contributed by atoms with E-state index in [1.807, 2.05) is 41.0 Å². The van der Waals surface area contributed by atoms with Crippen LogP contribution in [-0.2, 0) is 5.75 Å². The highest BCUT2D eigenvalue weighted by Gasteiger charge is 2.21. The number of aromatic nitrogens is 3. The predicted molar refractivity (Wildman–Crippen MR) is 132 cm³/mol. The molecule has 0 spiro atoms. The number of thioether (sulfide) groups is 1. The third-order valence-corrected chi connectivity index (χ3v) is 6.51. The molecule has 0 fully saturated rings. The number of benzene rings is 3. The van der Waals surface area contributed by atoms with Crippen LogP contribution in [0, 0.1) is 6.92 Å². The Bertz CT molecular complexity index is 1230. The van der Waals surface area contributed by atoms with E-state index in [0.29, 0.717) is 28.8 Å². The Morgan fingerprint density at radius 2 is 1.55 bits per heavy atom. The Hall–Kier alpha value is -3.16. The lowest BCUT2D eigenvalue weighted by Gasteiger charge is -2.15. The van der Waals surface area contributed by atoms with E-state index < -0.39 is 0 Å². The molecule has 4 rings (SSSR count). The number of ether oxygens (including phenoxy) is 3. The zero-order chi connectivity index (χ0) is 23.4. The minimum Gasteiger partial charge on any atom is -0.493 e. The van der Waals surface area contributed by atoms with Crippen LogP contribution in [0.2, 0.25) is 5.02 Å². The molecular weight excluding hydrogens is 458 g/mol. The molecule has 0 saturated heterocycles. The van der Waals surface area contributed by atoms with Crippen molar-refractivity contribution in [1.82, 2.24) is 14.8 Å². The number of nitrogens with zero attached hydrogens (tertiary/aromatic N) is 3. The first-order valence-corrected chi connectivity index (χ1v) is 11.6. The highest BCUT2D eigenvalue weighted by Crippen LogP contribution is 2.42. The molecule has 1 heterocycles. The number of methoxy groups -OCH3 is 3. The van der Waals surface area contributed by atoms with E-state index >= 15 is 0 Å². The molecule has 0 saturated carbocycles. The van der Waals surface area contributed by atoms with Gasteiger partial charge in [-0.3, -0.25) is 4.57 Å². The van der Waals surface area contributed by atoms with Gasteiger partial charge >= 0.3 is 0 Å². The third kappa shape index (κ3) is 4.79. The van der Waals surface area contributed by atoms with Crippen molar-refractivity contribution in [1.29, 1.82) is 0 Å². The van der Waals surface area contributed by atoms with Crippen molar-refractivity contribution in [2.75, 3.05) is 21.3 Å². The largest absolute Gasteiger partial charge is 0.493 e. The molecule has 0 bridgehead atoms. The minimum atomic E-state index is 0.526. The van der Waals surface area contributed by atoms with Crippen LogP contribution in [0.25, 0.3) is 17.1 Å². The maximum atomic E-state index is 6.37. The van der Waals surface area contributed by atoms with Crippen LogP contribution < -0.4 is 14.2 Å². The third-order valence-electron chi connectivity index (χ3n) is 5.16. The number of hydrogen-bond donors (Lipinski definition) is 0. The van der Waals surface area contributed by atoms with Crippen molar-refractivity contribution in [3.63, 3.8) is 0 Å². The van der Waals surface area contributed by atoms with Gasteiger partial charge in [-0.15, -0.1) is 10.2 Å². The standard InChI is InChI=1S/C25H24ClN3O3S/c1-16-9-11-19(12-10-16)29-24(18-13-21(30-2)23(32-4)22(14-18)31-3)27-28-25(29)33-15-17-7-5-6-8-20(17)26/h5-14H,15H2,1-4H3. The molecular formula is C25H24ClN3O3S. The smallest absolute Gasteiger partial charge is 0.203 e. The van der Waals surface area contributed by atoms with Gasteiger partial charge in [0.05, 0.1) is 21.3 Å². The summed E-state index contributed by atoms with van der Waals surface area (Å²) >= 11 is 7.94. The van der Waals surface area contributed by atoms with Crippen molar-refractivity contribution in [2.45, 2.75) is 17.8 Å². The van der Waals surface area contributed by atoms with Crippen LogP contribution in [0.15, 0.2) is 65.8 Å². The van der Waals surface area contributed by atoms with E-state index in [2.05, 4.69) is 41.4 Å². The number of halogens is 1. The summed E-state index contributed by atoms with van der Waals surface area (Å²) in [5.74, 6) is 2.96. The monoisotopic (exact) mass is 481 g/mol. The van der Waals surface area contributed by atoms with Gasteiger partial charge in [-0.25, -0.2) is 0 Å². The first-order valence-electron chi connectivity index (χ1n) is 10.2. The average Bonchev–Trinajstić information content (AvgIpc) is 3.27. The van der Waals surface area contributed by atoms with E-state index in [4.69, 9.17) is 25.8 Å².